The van der Waals surface area contributed by atoms with Gasteiger partial charge in [-0.2, -0.15) is 0 Å². The number of hydrogen-bond donors (Lipinski definition) is 3. The minimum Gasteiger partial charge on any atom is -0.340 e. The smallest absolute Gasteiger partial charge is 0.271 e. The Morgan fingerprint density at radius 2 is 1.59 bits per heavy atom. The molecule has 7 heteroatoms. The van der Waals surface area contributed by atoms with Gasteiger partial charge in [0.15, 0.2) is 0 Å². The fourth-order valence-electron chi connectivity index (χ4n) is 2.26. The van der Waals surface area contributed by atoms with Crippen LogP contribution in [0.15, 0.2) is 48.8 Å². The minimum atomic E-state index is -0.825. The molecule has 0 radical (unpaired) electrons. The van der Waals surface area contributed by atoms with E-state index >= 15 is 0 Å². The molecule has 142 valence electrons. The van der Waals surface area contributed by atoms with Gasteiger partial charge in [0, 0.05) is 18.0 Å². The van der Waals surface area contributed by atoms with Crippen molar-refractivity contribution in [3.63, 3.8) is 0 Å². The molecule has 0 unspecified atom stereocenters. The number of rotatable bonds is 4. The van der Waals surface area contributed by atoms with E-state index in [1.807, 2.05) is 12.1 Å². The average molecular weight is 368 g/mol. The second-order valence-corrected chi connectivity index (χ2v) is 7.21. The van der Waals surface area contributed by atoms with E-state index in [2.05, 4.69) is 41.9 Å². The lowest BCUT2D eigenvalue weighted by Gasteiger charge is -2.19. The van der Waals surface area contributed by atoms with Gasteiger partial charge in [-0.15, -0.1) is 0 Å². The number of carbonyl (C=O) groups is 3. The maximum atomic E-state index is 12.3. The first-order chi connectivity index (χ1) is 12.7. The summed E-state index contributed by atoms with van der Waals surface area (Å²) in [7, 11) is 0. The van der Waals surface area contributed by atoms with Crippen LogP contribution in [0.5, 0.6) is 0 Å². The van der Waals surface area contributed by atoms with Crippen molar-refractivity contribution < 1.29 is 14.4 Å². The topological polar surface area (TPSA) is 100 Å². The number of nitrogens with zero attached hydrogens (tertiary/aromatic N) is 1. The summed E-state index contributed by atoms with van der Waals surface area (Å²) in [4.78, 5) is 40.1. The monoisotopic (exact) mass is 368 g/mol. The van der Waals surface area contributed by atoms with E-state index < -0.39 is 17.9 Å². The van der Waals surface area contributed by atoms with Crippen LogP contribution in [0.25, 0.3) is 0 Å². The molecule has 2 aromatic rings. The number of pyridine rings is 1. The number of hydrazine groups is 1. The minimum absolute atomic E-state index is 0.00529. The Labute approximate surface area is 158 Å². The maximum absolute atomic E-state index is 12.3. The van der Waals surface area contributed by atoms with E-state index in [9.17, 15) is 14.4 Å². The Morgan fingerprint density at radius 3 is 2.15 bits per heavy atom. The van der Waals surface area contributed by atoms with Crippen LogP contribution in [0, 0.1) is 0 Å². The Bertz CT molecular complexity index is 811. The van der Waals surface area contributed by atoms with Crippen molar-refractivity contribution in [1.29, 1.82) is 0 Å². The second-order valence-electron chi connectivity index (χ2n) is 7.21. The van der Waals surface area contributed by atoms with E-state index in [1.165, 1.54) is 13.1 Å². The summed E-state index contributed by atoms with van der Waals surface area (Å²) >= 11 is 0. The Balaban J connectivity index is 1.88. The summed E-state index contributed by atoms with van der Waals surface area (Å²) in [5.41, 5.74) is 6.45. The van der Waals surface area contributed by atoms with E-state index in [-0.39, 0.29) is 11.3 Å². The third-order valence-electron chi connectivity index (χ3n) is 3.98. The van der Waals surface area contributed by atoms with Crippen LogP contribution in [0.3, 0.4) is 0 Å². The summed E-state index contributed by atoms with van der Waals surface area (Å²) < 4.78 is 0. The van der Waals surface area contributed by atoms with Crippen molar-refractivity contribution in [3.05, 3.63) is 65.5 Å². The first-order valence-electron chi connectivity index (χ1n) is 8.60. The molecule has 0 saturated heterocycles. The highest BCUT2D eigenvalue weighted by atomic mass is 16.2. The molecule has 1 aromatic heterocycles. The molecule has 0 spiro atoms. The molecule has 0 aliphatic carbocycles. The number of nitrogens with one attached hydrogen (secondary N) is 3. The van der Waals surface area contributed by atoms with Crippen LogP contribution in [0.4, 0.5) is 0 Å². The van der Waals surface area contributed by atoms with Gasteiger partial charge >= 0.3 is 0 Å². The second kappa shape index (κ2) is 8.44. The van der Waals surface area contributed by atoms with E-state index in [0.717, 1.165) is 5.56 Å². The van der Waals surface area contributed by atoms with Gasteiger partial charge in [-0.25, -0.2) is 0 Å². The Kier molecular flexibility index (Phi) is 6.28. The number of hydrogen-bond acceptors (Lipinski definition) is 4. The molecule has 1 aromatic carbocycles. The molecular weight excluding hydrogens is 344 g/mol. The van der Waals surface area contributed by atoms with Gasteiger partial charge in [-0.1, -0.05) is 32.9 Å². The van der Waals surface area contributed by atoms with Crippen molar-refractivity contribution in [2.24, 2.45) is 0 Å². The quantitative estimate of drug-likeness (QED) is 0.718. The fraction of sp³-hybridized carbons (Fsp3) is 0.300. The van der Waals surface area contributed by atoms with Crippen LogP contribution in [0.2, 0.25) is 0 Å². The summed E-state index contributed by atoms with van der Waals surface area (Å²) in [6.45, 7) is 7.81. The van der Waals surface area contributed by atoms with Crippen molar-refractivity contribution in [2.75, 3.05) is 0 Å². The molecule has 0 aliphatic rings. The highest BCUT2D eigenvalue weighted by Gasteiger charge is 2.18. The zero-order valence-corrected chi connectivity index (χ0v) is 15.9. The highest BCUT2D eigenvalue weighted by Crippen LogP contribution is 2.22. The van der Waals surface area contributed by atoms with Crippen LogP contribution >= 0.6 is 0 Å². The third-order valence-corrected chi connectivity index (χ3v) is 3.98. The van der Waals surface area contributed by atoms with Crippen molar-refractivity contribution in [3.8, 4) is 0 Å². The van der Waals surface area contributed by atoms with E-state index in [1.54, 1.807) is 30.5 Å². The third kappa shape index (κ3) is 5.64. The van der Waals surface area contributed by atoms with Crippen LogP contribution in [-0.2, 0) is 10.2 Å². The van der Waals surface area contributed by atoms with Crippen molar-refractivity contribution >= 4 is 17.7 Å². The number of carbonyl (C=O) groups excluding carboxylic acids is 3. The maximum Gasteiger partial charge on any atom is 0.271 e. The lowest BCUT2D eigenvalue weighted by molar-refractivity contribution is -0.123. The summed E-state index contributed by atoms with van der Waals surface area (Å²) in [5.74, 6) is -1.39. The van der Waals surface area contributed by atoms with Gasteiger partial charge in [-0.05, 0) is 42.2 Å². The molecular formula is C20H24N4O3. The van der Waals surface area contributed by atoms with Crippen molar-refractivity contribution in [2.45, 2.75) is 39.2 Å². The van der Waals surface area contributed by atoms with Gasteiger partial charge in [0.05, 0.1) is 5.56 Å². The SMILES string of the molecule is C[C@H](NC(=O)c1ccc(C(C)(C)C)cc1)C(=O)NNC(=O)c1cccnc1. The molecule has 0 bridgehead atoms. The number of aromatic nitrogens is 1. The molecule has 0 saturated carbocycles. The van der Waals surface area contributed by atoms with Crippen LogP contribution in [-0.4, -0.2) is 28.7 Å². The zero-order chi connectivity index (χ0) is 20.0. The summed E-state index contributed by atoms with van der Waals surface area (Å²) in [5, 5.41) is 2.60. The summed E-state index contributed by atoms with van der Waals surface area (Å²) in [6, 6.07) is 9.61. The number of benzene rings is 1. The predicted molar refractivity (Wildman–Crippen MR) is 102 cm³/mol. The lowest BCUT2D eigenvalue weighted by Crippen LogP contribution is -2.51. The highest BCUT2D eigenvalue weighted by molar-refractivity contribution is 5.98. The summed E-state index contributed by atoms with van der Waals surface area (Å²) in [6.07, 6.45) is 2.93. The zero-order valence-electron chi connectivity index (χ0n) is 15.9. The molecule has 3 amide bonds. The number of amides is 3. The van der Waals surface area contributed by atoms with E-state index in [0.29, 0.717) is 11.1 Å². The molecule has 0 fully saturated rings. The molecule has 0 aliphatic heterocycles. The normalized spacial score (nSPS) is 12.0. The van der Waals surface area contributed by atoms with Gasteiger partial charge in [0.1, 0.15) is 6.04 Å². The molecule has 1 atom stereocenters. The van der Waals surface area contributed by atoms with Gasteiger partial charge in [-0.3, -0.25) is 30.2 Å². The molecule has 27 heavy (non-hydrogen) atoms. The fourth-order valence-corrected chi connectivity index (χ4v) is 2.26. The Hall–Kier alpha value is -3.22. The standard InChI is InChI=1S/C20H24N4O3/c1-13(17(25)23-24-19(27)15-6-5-11-21-12-15)22-18(26)14-7-9-16(10-8-14)20(2,3)4/h5-13H,1-4H3,(H,22,26)(H,23,25)(H,24,27)/t13-/m0/s1. The first kappa shape index (κ1) is 20.1. The first-order valence-corrected chi connectivity index (χ1v) is 8.60. The van der Waals surface area contributed by atoms with Gasteiger partial charge in [0.2, 0.25) is 0 Å². The van der Waals surface area contributed by atoms with Crippen LogP contribution in [0.1, 0.15) is 54.0 Å². The van der Waals surface area contributed by atoms with Crippen molar-refractivity contribution in [1.82, 2.24) is 21.2 Å². The van der Waals surface area contributed by atoms with Crippen LogP contribution < -0.4 is 16.2 Å². The molecule has 2 rings (SSSR count). The van der Waals surface area contributed by atoms with Gasteiger partial charge in [0.25, 0.3) is 17.7 Å². The molecule has 3 N–H and O–H groups in total. The molecule has 7 nitrogen and oxygen atoms in total. The largest absolute Gasteiger partial charge is 0.340 e. The average Bonchev–Trinajstić information content (AvgIpc) is 2.65. The lowest BCUT2D eigenvalue weighted by atomic mass is 9.86. The predicted octanol–water partition coefficient (Wildman–Crippen LogP) is 1.96. The van der Waals surface area contributed by atoms with Gasteiger partial charge < -0.3 is 5.32 Å². The molecule has 1 heterocycles. The van der Waals surface area contributed by atoms with E-state index in [4.69, 9.17) is 0 Å². The Morgan fingerprint density at radius 1 is 0.926 bits per heavy atom.